The number of aromatic nitrogens is 2. The summed E-state index contributed by atoms with van der Waals surface area (Å²) >= 11 is 0. The molecule has 0 spiro atoms. The number of hydrogen-bond acceptors (Lipinski definition) is 4. The van der Waals surface area contributed by atoms with Crippen LogP contribution < -0.4 is 10.2 Å². The van der Waals surface area contributed by atoms with Gasteiger partial charge in [0.2, 0.25) is 5.95 Å². The van der Waals surface area contributed by atoms with Crippen LogP contribution in [-0.4, -0.2) is 30.1 Å². The summed E-state index contributed by atoms with van der Waals surface area (Å²) in [7, 11) is 2.01. The van der Waals surface area contributed by atoms with Gasteiger partial charge < -0.3 is 10.2 Å². The van der Waals surface area contributed by atoms with Crippen LogP contribution in [-0.2, 0) is 0 Å². The predicted molar refractivity (Wildman–Crippen MR) is 55.1 cm³/mol. The molecule has 0 saturated carbocycles. The molecule has 0 unspecified atom stereocenters. The SMILES string of the molecule is CCNc1nccc(N(C)CC)n1. The third-order valence-electron chi connectivity index (χ3n) is 1.84. The minimum Gasteiger partial charge on any atom is -0.360 e. The molecular formula is C9H16N4. The summed E-state index contributed by atoms with van der Waals surface area (Å²) in [5.41, 5.74) is 0. The average molecular weight is 180 g/mol. The maximum Gasteiger partial charge on any atom is 0.224 e. The summed E-state index contributed by atoms with van der Waals surface area (Å²) in [4.78, 5) is 10.5. The van der Waals surface area contributed by atoms with E-state index < -0.39 is 0 Å². The highest BCUT2D eigenvalue weighted by atomic mass is 15.2. The van der Waals surface area contributed by atoms with Gasteiger partial charge >= 0.3 is 0 Å². The Morgan fingerprint density at radius 2 is 2.23 bits per heavy atom. The Kier molecular flexibility index (Phi) is 3.49. The van der Waals surface area contributed by atoms with Crippen LogP contribution >= 0.6 is 0 Å². The minimum atomic E-state index is 0.695. The predicted octanol–water partition coefficient (Wildman–Crippen LogP) is 1.36. The molecule has 0 aliphatic rings. The fourth-order valence-corrected chi connectivity index (χ4v) is 0.967. The standard InChI is InChI=1S/C9H16N4/c1-4-10-9-11-7-6-8(12-9)13(3)5-2/h6-7H,4-5H2,1-3H3,(H,10,11,12). The van der Waals surface area contributed by atoms with E-state index in [9.17, 15) is 0 Å². The van der Waals surface area contributed by atoms with Crippen molar-refractivity contribution in [2.75, 3.05) is 30.4 Å². The molecule has 1 heterocycles. The van der Waals surface area contributed by atoms with Gasteiger partial charge in [0.05, 0.1) is 0 Å². The minimum absolute atomic E-state index is 0.695. The highest BCUT2D eigenvalue weighted by Gasteiger charge is 2.00. The van der Waals surface area contributed by atoms with Gasteiger partial charge in [-0.05, 0) is 19.9 Å². The number of nitrogens with one attached hydrogen (secondary N) is 1. The lowest BCUT2D eigenvalue weighted by molar-refractivity contribution is 0.926. The highest BCUT2D eigenvalue weighted by molar-refractivity contribution is 5.41. The van der Waals surface area contributed by atoms with E-state index in [1.165, 1.54) is 0 Å². The van der Waals surface area contributed by atoms with E-state index in [2.05, 4.69) is 27.1 Å². The molecule has 72 valence electrons. The Labute approximate surface area is 79.0 Å². The van der Waals surface area contributed by atoms with Crippen molar-refractivity contribution in [3.05, 3.63) is 12.3 Å². The summed E-state index contributed by atoms with van der Waals surface area (Å²) < 4.78 is 0. The zero-order valence-corrected chi connectivity index (χ0v) is 8.41. The van der Waals surface area contributed by atoms with E-state index >= 15 is 0 Å². The van der Waals surface area contributed by atoms with Crippen LogP contribution in [0.5, 0.6) is 0 Å². The van der Waals surface area contributed by atoms with E-state index in [4.69, 9.17) is 0 Å². The van der Waals surface area contributed by atoms with Gasteiger partial charge in [-0.2, -0.15) is 4.98 Å². The maximum atomic E-state index is 4.34. The third kappa shape index (κ3) is 2.57. The van der Waals surface area contributed by atoms with Gasteiger partial charge in [-0.15, -0.1) is 0 Å². The van der Waals surface area contributed by atoms with Gasteiger partial charge in [-0.25, -0.2) is 4.98 Å². The second kappa shape index (κ2) is 4.64. The van der Waals surface area contributed by atoms with Gasteiger partial charge in [0, 0.05) is 26.3 Å². The fourth-order valence-electron chi connectivity index (χ4n) is 0.967. The van der Waals surface area contributed by atoms with Crippen molar-refractivity contribution in [3.8, 4) is 0 Å². The molecular weight excluding hydrogens is 164 g/mol. The zero-order valence-electron chi connectivity index (χ0n) is 8.41. The van der Waals surface area contributed by atoms with Crippen molar-refractivity contribution in [2.45, 2.75) is 13.8 Å². The van der Waals surface area contributed by atoms with Crippen molar-refractivity contribution in [1.29, 1.82) is 0 Å². The number of hydrogen-bond donors (Lipinski definition) is 1. The maximum absolute atomic E-state index is 4.34. The summed E-state index contributed by atoms with van der Waals surface area (Å²) in [5, 5.41) is 3.08. The summed E-state index contributed by atoms with van der Waals surface area (Å²) in [6.45, 7) is 5.91. The second-order valence-corrected chi connectivity index (χ2v) is 2.78. The summed E-state index contributed by atoms with van der Waals surface area (Å²) in [5.74, 6) is 1.65. The molecule has 0 bridgehead atoms. The van der Waals surface area contributed by atoms with Crippen molar-refractivity contribution < 1.29 is 0 Å². The lowest BCUT2D eigenvalue weighted by Gasteiger charge is -2.15. The normalized spacial score (nSPS) is 9.77. The van der Waals surface area contributed by atoms with E-state index in [1.54, 1.807) is 6.20 Å². The molecule has 0 atom stereocenters. The molecule has 4 nitrogen and oxygen atoms in total. The molecule has 1 aromatic heterocycles. The molecule has 0 aliphatic heterocycles. The topological polar surface area (TPSA) is 41.1 Å². The molecule has 0 saturated heterocycles. The van der Waals surface area contributed by atoms with Crippen LogP contribution in [0.3, 0.4) is 0 Å². The Hall–Kier alpha value is -1.32. The molecule has 1 aromatic rings. The van der Waals surface area contributed by atoms with E-state index in [1.807, 2.05) is 20.0 Å². The first-order chi connectivity index (χ1) is 6.27. The first-order valence-electron chi connectivity index (χ1n) is 4.56. The Bertz CT molecular complexity index is 262. The number of anilines is 2. The van der Waals surface area contributed by atoms with Gasteiger partial charge in [-0.1, -0.05) is 0 Å². The fraction of sp³-hybridized carbons (Fsp3) is 0.556. The van der Waals surface area contributed by atoms with Crippen LogP contribution in [0.4, 0.5) is 11.8 Å². The van der Waals surface area contributed by atoms with Gasteiger partial charge in [0.25, 0.3) is 0 Å². The Morgan fingerprint density at radius 1 is 1.46 bits per heavy atom. The largest absolute Gasteiger partial charge is 0.360 e. The first-order valence-corrected chi connectivity index (χ1v) is 4.56. The Morgan fingerprint density at radius 3 is 2.85 bits per heavy atom. The zero-order chi connectivity index (χ0) is 9.68. The molecule has 0 fully saturated rings. The molecule has 13 heavy (non-hydrogen) atoms. The molecule has 0 radical (unpaired) electrons. The third-order valence-corrected chi connectivity index (χ3v) is 1.84. The first kappa shape index (κ1) is 9.77. The van der Waals surface area contributed by atoms with Crippen molar-refractivity contribution in [1.82, 2.24) is 9.97 Å². The smallest absolute Gasteiger partial charge is 0.224 e. The molecule has 4 heteroatoms. The van der Waals surface area contributed by atoms with Crippen LogP contribution in [0.15, 0.2) is 12.3 Å². The lowest BCUT2D eigenvalue weighted by Crippen LogP contribution is -2.18. The monoisotopic (exact) mass is 180 g/mol. The lowest BCUT2D eigenvalue weighted by atomic mass is 10.5. The molecule has 1 N–H and O–H groups in total. The number of rotatable bonds is 4. The Balaban J connectivity index is 2.78. The van der Waals surface area contributed by atoms with Gasteiger partial charge in [0.1, 0.15) is 5.82 Å². The van der Waals surface area contributed by atoms with Crippen molar-refractivity contribution in [3.63, 3.8) is 0 Å². The van der Waals surface area contributed by atoms with Crippen LogP contribution in [0.25, 0.3) is 0 Å². The van der Waals surface area contributed by atoms with E-state index in [-0.39, 0.29) is 0 Å². The van der Waals surface area contributed by atoms with Gasteiger partial charge in [-0.3, -0.25) is 0 Å². The average Bonchev–Trinajstić information content (AvgIpc) is 2.18. The molecule has 0 amide bonds. The summed E-state index contributed by atoms with van der Waals surface area (Å²) in [6.07, 6.45) is 1.77. The van der Waals surface area contributed by atoms with Crippen LogP contribution in [0.1, 0.15) is 13.8 Å². The van der Waals surface area contributed by atoms with Crippen molar-refractivity contribution in [2.24, 2.45) is 0 Å². The van der Waals surface area contributed by atoms with Crippen LogP contribution in [0.2, 0.25) is 0 Å². The quantitative estimate of drug-likeness (QED) is 0.759. The van der Waals surface area contributed by atoms with Crippen LogP contribution in [0, 0.1) is 0 Å². The van der Waals surface area contributed by atoms with Crippen molar-refractivity contribution >= 4 is 11.8 Å². The van der Waals surface area contributed by atoms with E-state index in [0.29, 0.717) is 5.95 Å². The van der Waals surface area contributed by atoms with E-state index in [0.717, 1.165) is 18.9 Å². The molecule has 0 aliphatic carbocycles. The second-order valence-electron chi connectivity index (χ2n) is 2.78. The molecule has 0 aromatic carbocycles. The summed E-state index contributed by atoms with van der Waals surface area (Å²) in [6, 6.07) is 1.91. The highest BCUT2D eigenvalue weighted by Crippen LogP contribution is 2.09. The molecule has 1 rings (SSSR count). The number of nitrogens with zero attached hydrogens (tertiary/aromatic N) is 3. The van der Waals surface area contributed by atoms with Gasteiger partial charge in [0.15, 0.2) is 0 Å².